The van der Waals surface area contributed by atoms with Crippen molar-refractivity contribution in [2.45, 2.75) is 6.61 Å². The predicted octanol–water partition coefficient (Wildman–Crippen LogP) is 4.92. The number of rotatable bonds is 7. The Balaban J connectivity index is 1.64. The zero-order chi connectivity index (χ0) is 19.9. The summed E-state index contributed by atoms with van der Waals surface area (Å²) < 4.78 is 19.6. The average molecular weight is 445 g/mol. The second-order valence-corrected chi connectivity index (χ2v) is 6.46. The average Bonchev–Trinajstić information content (AvgIpc) is 2.67. The van der Waals surface area contributed by atoms with Crippen LogP contribution < -0.4 is 10.2 Å². The zero-order valence-electron chi connectivity index (χ0n) is 14.4. The second-order valence-electron chi connectivity index (χ2n) is 5.61. The van der Waals surface area contributed by atoms with E-state index in [2.05, 4.69) is 31.4 Å². The number of ether oxygens (including phenoxy) is 1. The van der Waals surface area contributed by atoms with E-state index in [0.717, 1.165) is 11.1 Å². The van der Waals surface area contributed by atoms with E-state index in [9.17, 15) is 14.5 Å². The van der Waals surface area contributed by atoms with Crippen molar-refractivity contribution in [2.75, 3.05) is 5.43 Å². The molecule has 0 atom stereocenters. The Kier molecular flexibility index (Phi) is 6.28. The van der Waals surface area contributed by atoms with E-state index in [1.54, 1.807) is 30.3 Å². The number of nitrogens with one attached hydrogen (secondary N) is 1. The Morgan fingerprint density at radius 2 is 2.11 bits per heavy atom. The van der Waals surface area contributed by atoms with Crippen LogP contribution in [-0.2, 0) is 6.61 Å². The monoisotopic (exact) mass is 444 g/mol. The van der Waals surface area contributed by atoms with Crippen LogP contribution in [0, 0.1) is 15.9 Å². The number of hydrazone groups is 1. The number of nitrogens with zero attached hydrogens (tertiary/aromatic N) is 3. The molecule has 0 spiro atoms. The van der Waals surface area contributed by atoms with E-state index in [4.69, 9.17) is 4.74 Å². The van der Waals surface area contributed by atoms with Crippen LogP contribution in [0.1, 0.15) is 11.1 Å². The molecular formula is C19H14BrFN4O3. The topological polar surface area (TPSA) is 89.7 Å². The molecule has 0 saturated heterocycles. The van der Waals surface area contributed by atoms with Gasteiger partial charge in [0.25, 0.3) is 0 Å². The fraction of sp³-hybridized carbons (Fsp3) is 0.0526. The molecule has 1 aromatic heterocycles. The third kappa shape index (κ3) is 5.10. The molecule has 0 aliphatic heterocycles. The first-order valence-electron chi connectivity index (χ1n) is 8.08. The van der Waals surface area contributed by atoms with E-state index < -0.39 is 4.92 Å². The Labute approximate surface area is 168 Å². The Bertz CT molecular complexity index is 1030. The molecule has 1 heterocycles. The number of benzene rings is 2. The lowest BCUT2D eigenvalue weighted by molar-refractivity contribution is -0.384. The van der Waals surface area contributed by atoms with Crippen molar-refractivity contribution in [1.29, 1.82) is 0 Å². The van der Waals surface area contributed by atoms with E-state index >= 15 is 0 Å². The molecule has 142 valence electrons. The molecule has 2 aromatic carbocycles. The Morgan fingerprint density at radius 1 is 1.25 bits per heavy atom. The van der Waals surface area contributed by atoms with Gasteiger partial charge in [0.15, 0.2) is 0 Å². The van der Waals surface area contributed by atoms with Gasteiger partial charge in [-0.05, 0) is 63.5 Å². The number of hydrogen-bond acceptors (Lipinski definition) is 6. The molecule has 1 N–H and O–H groups in total. The van der Waals surface area contributed by atoms with Crippen molar-refractivity contribution in [1.82, 2.24) is 4.98 Å². The van der Waals surface area contributed by atoms with Gasteiger partial charge in [0.05, 0.1) is 15.6 Å². The minimum absolute atomic E-state index is 0.0536. The first-order chi connectivity index (χ1) is 13.5. The highest BCUT2D eigenvalue weighted by molar-refractivity contribution is 9.10. The summed E-state index contributed by atoms with van der Waals surface area (Å²) in [7, 11) is 0. The van der Waals surface area contributed by atoms with E-state index in [1.165, 1.54) is 36.7 Å². The number of anilines is 1. The lowest BCUT2D eigenvalue weighted by Gasteiger charge is -2.09. The maximum absolute atomic E-state index is 13.2. The minimum atomic E-state index is -0.536. The quantitative estimate of drug-likeness (QED) is 0.317. The van der Waals surface area contributed by atoms with Crippen molar-refractivity contribution in [2.24, 2.45) is 5.10 Å². The second kappa shape index (κ2) is 9.05. The smallest absolute Gasteiger partial charge is 0.313 e. The van der Waals surface area contributed by atoms with E-state index in [0.29, 0.717) is 10.2 Å². The summed E-state index contributed by atoms with van der Waals surface area (Å²) in [5.74, 6) is 0.333. The lowest BCUT2D eigenvalue weighted by atomic mass is 10.2. The number of pyridine rings is 1. The van der Waals surface area contributed by atoms with Gasteiger partial charge in [-0.2, -0.15) is 5.10 Å². The van der Waals surface area contributed by atoms with Gasteiger partial charge >= 0.3 is 5.69 Å². The maximum atomic E-state index is 13.2. The SMILES string of the molecule is O=[N+]([O-])c1cccnc1N/N=C\c1ccc(OCc2cccc(F)c2)c(Br)c1. The highest BCUT2D eigenvalue weighted by atomic mass is 79.9. The molecule has 7 nitrogen and oxygen atoms in total. The normalized spacial score (nSPS) is 10.8. The molecule has 3 rings (SSSR count). The number of hydrogen-bond donors (Lipinski definition) is 1. The number of halogens is 2. The molecule has 3 aromatic rings. The summed E-state index contributed by atoms with van der Waals surface area (Å²) in [6, 6.07) is 14.3. The highest BCUT2D eigenvalue weighted by Gasteiger charge is 2.12. The van der Waals surface area contributed by atoms with Gasteiger partial charge in [0.1, 0.15) is 18.2 Å². The van der Waals surface area contributed by atoms with E-state index in [1.807, 2.05) is 0 Å². The molecule has 0 aliphatic rings. The summed E-state index contributed by atoms with van der Waals surface area (Å²) in [5.41, 5.74) is 3.85. The van der Waals surface area contributed by atoms with Gasteiger partial charge in [-0.25, -0.2) is 9.37 Å². The molecule has 0 amide bonds. The van der Waals surface area contributed by atoms with Crippen LogP contribution in [0.4, 0.5) is 15.9 Å². The van der Waals surface area contributed by atoms with Gasteiger partial charge in [0.2, 0.25) is 5.82 Å². The molecule has 0 saturated carbocycles. The first kappa shape index (κ1) is 19.4. The standard InChI is InChI=1S/C19H14BrFN4O3/c20-16-10-13(11-23-24-19-17(25(26)27)5-2-8-22-19)6-7-18(16)28-12-14-3-1-4-15(21)9-14/h1-11H,12H2,(H,22,24)/b23-11-. The first-order valence-corrected chi connectivity index (χ1v) is 8.87. The van der Waals surface area contributed by atoms with Crippen LogP contribution in [0.15, 0.2) is 70.4 Å². The Hall–Kier alpha value is -3.33. The third-order valence-electron chi connectivity index (χ3n) is 3.61. The van der Waals surface area contributed by atoms with Crippen LogP contribution in [0.25, 0.3) is 0 Å². The van der Waals surface area contributed by atoms with Crippen LogP contribution in [0.3, 0.4) is 0 Å². The molecule has 0 fully saturated rings. The highest BCUT2D eigenvalue weighted by Crippen LogP contribution is 2.26. The van der Waals surface area contributed by atoms with Gasteiger partial charge in [-0.15, -0.1) is 0 Å². The van der Waals surface area contributed by atoms with Crippen molar-refractivity contribution in [3.8, 4) is 5.75 Å². The lowest BCUT2D eigenvalue weighted by Crippen LogP contribution is -1.99. The summed E-state index contributed by atoms with van der Waals surface area (Å²) in [4.78, 5) is 14.3. The number of aromatic nitrogens is 1. The summed E-state index contributed by atoms with van der Waals surface area (Å²) in [6.07, 6.45) is 2.94. The van der Waals surface area contributed by atoms with Crippen molar-refractivity contribution < 1.29 is 14.1 Å². The number of nitro groups is 1. The largest absolute Gasteiger partial charge is 0.488 e. The maximum Gasteiger partial charge on any atom is 0.313 e. The van der Waals surface area contributed by atoms with Crippen molar-refractivity contribution in [3.63, 3.8) is 0 Å². The van der Waals surface area contributed by atoms with Crippen molar-refractivity contribution >= 4 is 33.6 Å². The molecular weight excluding hydrogens is 431 g/mol. The molecule has 0 bridgehead atoms. The zero-order valence-corrected chi connectivity index (χ0v) is 16.0. The minimum Gasteiger partial charge on any atom is -0.488 e. The van der Waals surface area contributed by atoms with Gasteiger partial charge in [0, 0.05) is 12.3 Å². The van der Waals surface area contributed by atoms with Crippen LogP contribution in [0.5, 0.6) is 5.75 Å². The van der Waals surface area contributed by atoms with Crippen molar-refractivity contribution in [3.05, 3.63) is 92.3 Å². The fourth-order valence-corrected chi connectivity index (χ4v) is 2.81. The summed E-state index contributed by atoms with van der Waals surface area (Å²) in [5, 5.41) is 14.9. The predicted molar refractivity (Wildman–Crippen MR) is 107 cm³/mol. The van der Waals surface area contributed by atoms with Crippen LogP contribution in [0.2, 0.25) is 0 Å². The molecule has 0 aliphatic carbocycles. The van der Waals surface area contributed by atoms with Crippen LogP contribution >= 0.6 is 15.9 Å². The molecule has 0 radical (unpaired) electrons. The van der Waals surface area contributed by atoms with Gasteiger partial charge in [-0.3, -0.25) is 15.5 Å². The molecule has 0 unspecified atom stereocenters. The summed E-state index contributed by atoms with van der Waals surface area (Å²) in [6.45, 7) is 0.231. The fourth-order valence-electron chi connectivity index (χ4n) is 2.30. The van der Waals surface area contributed by atoms with Crippen LogP contribution in [-0.4, -0.2) is 16.1 Å². The van der Waals surface area contributed by atoms with E-state index in [-0.39, 0.29) is 23.9 Å². The molecule has 9 heteroatoms. The van der Waals surface area contributed by atoms with Gasteiger partial charge in [-0.1, -0.05) is 12.1 Å². The summed E-state index contributed by atoms with van der Waals surface area (Å²) >= 11 is 3.42. The Morgan fingerprint density at radius 3 is 2.86 bits per heavy atom. The van der Waals surface area contributed by atoms with Gasteiger partial charge < -0.3 is 4.74 Å². The third-order valence-corrected chi connectivity index (χ3v) is 4.23. The molecule has 28 heavy (non-hydrogen) atoms.